The van der Waals surface area contributed by atoms with E-state index in [1.54, 1.807) is 0 Å². The van der Waals surface area contributed by atoms with E-state index < -0.39 is 59.5 Å². The highest BCUT2D eigenvalue weighted by Crippen LogP contribution is 2.38. The van der Waals surface area contributed by atoms with Crippen molar-refractivity contribution >= 4 is 11.7 Å². The summed E-state index contributed by atoms with van der Waals surface area (Å²) in [6.07, 6.45) is -16.5. The first-order chi connectivity index (χ1) is 11.4. The van der Waals surface area contributed by atoms with Gasteiger partial charge in [0, 0.05) is 0 Å². The zero-order valence-corrected chi connectivity index (χ0v) is 12.4. The number of carbonyl (C=O) groups is 1. The maximum absolute atomic E-state index is 12.7. The van der Waals surface area contributed by atoms with Gasteiger partial charge in [-0.25, -0.2) is 9.97 Å². The summed E-state index contributed by atoms with van der Waals surface area (Å²) in [6.45, 7) is -1.28. The SMILES string of the molecule is CC(O)(CNC(=O)c1nc(C(F)(F)F)c(C(F)(F)F)nc1N)C(F)(F)F. The first-order valence-electron chi connectivity index (χ1n) is 6.27. The lowest BCUT2D eigenvalue weighted by atomic mass is 10.1. The van der Waals surface area contributed by atoms with Gasteiger partial charge in [0.1, 0.15) is 0 Å². The highest BCUT2D eigenvalue weighted by atomic mass is 19.4. The van der Waals surface area contributed by atoms with Gasteiger partial charge in [-0.05, 0) is 6.92 Å². The summed E-state index contributed by atoms with van der Waals surface area (Å²) < 4.78 is 113. The molecule has 0 aliphatic heterocycles. The summed E-state index contributed by atoms with van der Waals surface area (Å²) in [4.78, 5) is 16.6. The normalized spacial score (nSPS) is 15.5. The molecular formula is C11H9F9N4O2. The Morgan fingerprint density at radius 2 is 1.42 bits per heavy atom. The number of alkyl halides is 9. The summed E-state index contributed by atoms with van der Waals surface area (Å²) in [7, 11) is 0. The van der Waals surface area contributed by atoms with Gasteiger partial charge in [0.2, 0.25) is 0 Å². The Kier molecular flexibility index (Phi) is 5.38. The third-order valence-corrected chi connectivity index (χ3v) is 2.88. The number of rotatable bonds is 3. The molecule has 1 heterocycles. The van der Waals surface area contributed by atoms with Gasteiger partial charge < -0.3 is 16.2 Å². The quantitative estimate of drug-likeness (QED) is 0.675. The highest BCUT2D eigenvalue weighted by Gasteiger charge is 2.50. The Morgan fingerprint density at radius 3 is 1.81 bits per heavy atom. The van der Waals surface area contributed by atoms with Crippen LogP contribution >= 0.6 is 0 Å². The largest absolute Gasteiger partial charge is 0.435 e. The second-order valence-corrected chi connectivity index (χ2v) is 5.10. The minimum atomic E-state index is -5.68. The van der Waals surface area contributed by atoms with E-state index in [-0.39, 0.29) is 6.92 Å². The van der Waals surface area contributed by atoms with Crippen LogP contribution in [-0.4, -0.2) is 39.3 Å². The van der Waals surface area contributed by atoms with Crippen molar-refractivity contribution in [2.75, 3.05) is 12.3 Å². The number of anilines is 1. The average molecular weight is 400 g/mol. The third kappa shape index (κ3) is 4.64. The van der Waals surface area contributed by atoms with Crippen LogP contribution in [0.4, 0.5) is 45.3 Å². The molecule has 4 N–H and O–H groups in total. The molecule has 1 rings (SSSR count). The second kappa shape index (κ2) is 6.44. The predicted molar refractivity (Wildman–Crippen MR) is 65.5 cm³/mol. The van der Waals surface area contributed by atoms with Crippen LogP contribution in [0.1, 0.15) is 28.8 Å². The minimum absolute atomic E-state index is 0.246. The summed E-state index contributed by atoms with van der Waals surface area (Å²) in [5.41, 5.74) is -5.09. The maximum atomic E-state index is 12.7. The lowest BCUT2D eigenvalue weighted by Gasteiger charge is -2.26. The summed E-state index contributed by atoms with van der Waals surface area (Å²) >= 11 is 0. The molecule has 0 spiro atoms. The lowest BCUT2D eigenvalue weighted by molar-refractivity contribution is -0.249. The summed E-state index contributed by atoms with van der Waals surface area (Å²) in [6, 6.07) is 0. The number of aromatic nitrogens is 2. The molecule has 1 aromatic rings. The van der Waals surface area contributed by atoms with E-state index in [2.05, 4.69) is 9.97 Å². The number of amides is 1. The number of aliphatic hydroxyl groups is 1. The van der Waals surface area contributed by atoms with Gasteiger partial charge >= 0.3 is 18.5 Å². The molecule has 0 saturated heterocycles. The molecule has 6 nitrogen and oxygen atoms in total. The van der Waals surface area contributed by atoms with Gasteiger partial charge in [0.25, 0.3) is 5.91 Å². The van der Waals surface area contributed by atoms with Crippen molar-refractivity contribution in [1.29, 1.82) is 0 Å². The van der Waals surface area contributed by atoms with Gasteiger partial charge in [-0.1, -0.05) is 0 Å². The van der Waals surface area contributed by atoms with E-state index in [4.69, 9.17) is 10.8 Å². The second-order valence-electron chi connectivity index (χ2n) is 5.10. The number of nitrogen functional groups attached to an aromatic ring is 1. The monoisotopic (exact) mass is 400 g/mol. The van der Waals surface area contributed by atoms with Crippen LogP contribution in [0.2, 0.25) is 0 Å². The van der Waals surface area contributed by atoms with E-state index in [0.717, 1.165) is 0 Å². The summed E-state index contributed by atoms with van der Waals surface area (Å²) in [5, 5.41) is 10.5. The Labute approximate surface area is 138 Å². The Morgan fingerprint density at radius 1 is 1.00 bits per heavy atom. The fourth-order valence-corrected chi connectivity index (χ4v) is 1.45. The van der Waals surface area contributed by atoms with E-state index in [0.29, 0.717) is 0 Å². The van der Waals surface area contributed by atoms with E-state index in [9.17, 15) is 44.3 Å². The van der Waals surface area contributed by atoms with Gasteiger partial charge in [0.05, 0.1) is 6.54 Å². The molecule has 0 bridgehead atoms. The minimum Gasteiger partial charge on any atom is -0.382 e. The van der Waals surface area contributed by atoms with Crippen LogP contribution in [-0.2, 0) is 12.4 Å². The molecular weight excluding hydrogens is 391 g/mol. The van der Waals surface area contributed by atoms with E-state index >= 15 is 0 Å². The Hall–Kier alpha value is -2.32. The van der Waals surface area contributed by atoms with Crippen LogP contribution < -0.4 is 11.1 Å². The standard InChI is InChI=1S/C11H9F9N4O2/c1-8(26,11(18,19)20)2-22-7(25)3-6(21)24-5(10(15,16)17)4(23-3)9(12,13)14/h26H,2H2,1H3,(H2,21,24)(H,22,25). The number of hydrogen-bond donors (Lipinski definition) is 3. The van der Waals surface area contributed by atoms with Crippen LogP contribution in [0.3, 0.4) is 0 Å². The number of hydrogen-bond acceptors (Lipinski definition) is 5. The van der Waals surface area contributed by atoms with E-state index in [1.165, 1.54) is 5.32 Å². The number of halogens is 9. The molecule has 0 aliphatic carbocycles. The van der Waals surface area contributed by atoms with Gasteiger partial charge in [-0.15, -0.1) is 0 Å². The maximum Gasteiger partial charge on any atom is 0.435 e. The third-order valence-electron chi connectivity index (χ3n) is 2.88. The molecule has 1 unspecified atom stereocenters. The Bertz CT molecular complexity index is 695. The van der Waals surface area contributed by atoms with Crippen LogP contribution in [0, 0.1) is 0 Å². The summed E-state index contributed by atoms with van der Waals surface area (Å²) in [5.74, 6) is -3.19. The van der Waals surface area contributed by atoms with Crippen molar-refractivity contribution in [3.63, 3.8) is 0 Å². The first kappa shape index (κ1) is 21.7. The first-order valence-corrected chi connectivity index (χ1v) is 6.27. The Balaban J connectivity index is 3.28. The molecule has 148 valence electrons. The van der Waals surface area contributed by atoms with Crippen molar-refractivity contribution in [3.05, 3.63) is 17.1 Å². The average Bonchev–Trinajstić information content (AvgIpc) is 2.41. The van der Waals surface area contributed by atoms with Crippen LogP contribution in [0.5, 0.6) is 0 Å². The smallest absolute Gasteiger partial charge is 0.382 e. The van der Waals surface area contributed by atoms with Crippen molar-refractivity contribution in [2.24, 2.45) is 0 Å². The van der Waals surface area contributed by atoms with Crippen LogP contribution in [0.15, 0.2) is 0 Å². The number of nitrogens with one attached hydrogen (secondary N) is 1. The molecule has 0 aromatic carbocycles. The fraction of sp³-hybridized carbons (Fsp3) is 0.545. The zero-order valence-electron chi connectivity index (χ0n) is 12.4. The molecule has 0 fully saturated rings. The number of nitrogens with zero attached hydrogens (tertiary/aromatic N) is 2. The molecule has 0 aliphatic rings. The number of carbonyl (C=O) groups excluding carboxylic acids is 1. The predicted octanol–water partition coefficient (Wildman–Crippen LogP) is 2.14. The van der Waals surface area contributed by atoms with Crippen molar-refractivity contribution in [1.82, 2.24) is 15.3 Å². The van der Waals surface area contributed by atoms with Gasteiger partial charge in [-0.3, -0.25) is 4.79 Å². The van der Waals surface area contributed by atoms with Gasteiger partial charge in [-0.2, -0.15) is 39.5 Å². The molecule has 0 radical (unpaired) electrons. The van der Waals surface area contributed by atoms with Crippen LogP contribution in [0.25, 0.3) is 0 Å². The molecule has 1 amide bonds. The highest BCUT2D eigenvalue weighted by molar-refractivity contribution is 5.96. The zero-order chi connectivity index (χ0) is 20.7. The van der Waals surface area contributed by atoms with Crippen molar-refractivity contribution in [3.8, 4) is 0 Å². The topological polar surface area (TPSA) is 101 Å². The lowest BCUT2D eigenvalue weighted by Crippen LogP contribution is -2.51. The van der Waals surface area contributed by atoms with Crippen molar-refractivity contribution < 1.29 is 49.4 Å². The molecule has 15 heteroatoms. The van der Waals surface area contributed by atoms with E-state index in [1.807, 2.05) is 0 Å². The fourth-order valence-electron chi connectivity index (χ4n) is 1.45. The molecule has 1 atom stereocenters. The molecule has 1 aromatic heterocycles. The van der Waals surface area contributed by atoms with Gasteiger partial charge in [0.15, 0.2) is 28.5 Å². The molecule has 26 heavy (non-hydrogen) atoms. The van der Waals surface area contributed by atoms with Crippen molar-refractivity contribution in [2.45, 2.75) is 31.1 Å². The molecule has 0 saturated carbocycles. The number of nitrogens with two attached hydrogens (primary N) is 1.